The molecular formula is C26H25F2N3O2. The van der Waals surface area contributed by atoms with E-state index in [-0.39, 0.29) is 17.9 Å². The van der Waals surface area contributed by atoms with Crippen molar-refractivity contribution in [3.05, 3.63) is 83.0 Å². The molecule has 0 saturated carbocycles. The number of fused-ring (bicyclic) bond motifs is 1. The quantitative estimate of drug-likeness (QED) is 0.525. The van der Waals surface area contributed by atoms with Crippen LogP contribution in [0.3, 0.4) is 0 Å². The van der Waals surface area contributed by atoms with E-state index in [1.54, 1.807) is 19.5 Å². The van der Waals surface area contributed by atoms with E-state index >= 15 is 0 Å². The number of imidazole rings is 1. The minimum Gasteiger partial charge on any atom is -0.495 e. The number of piperidine rings is 1. The molecule has 0 radical (unpaired) electrons. The Balaban J connectivity index is 1.37. The van der Waals surface area contributed by atoms with Crippen LogP contribution in [0.15, 0.2) is 54.5 Å². The highest BCUT2D eigenvalue weighted by atomic mass is 19.2. The van der Waals surface area contributed by atoms with Gasteiger partial charge in [0.15, 0.2) is 11.6 Å². The number of amides is 1. The highest BCUT2D eigenvalue weighted by Gasteiger charge is 2.41. The molecule has 3 heterocycles. The Morgan fingerprint density at radius 3 is 2.70 bits per heavy atom. The van der Waals surface area contributed by atoms with Crippen LogP contribution < -0.4 is 4.74 Å². The number of carbonyl (C=O) groups is 1. The number of aromatic nitrogens is 2. The second-order valence-electron chi connectivity index (χ2n) is 8.70. The first-order chi connectivity index (χ1) is 15.9. The summed E-state index contributed by atoms with van der Waals surface area (Å²) in [6.45, 7) is 2.55. The van der Waals surface area contributed by atoms with Crippen LogP contribution in [0.2, 0.25) is 0 Å². The van der Waals surface area contributed by atoms with Crippen LogP contribution in [0.25, 0.3) is 11.8 Å². The summed E-state index contributed by atoms with van der Waals surface area (Å²) in [5.41, 5.74) is 4.20. The van der Waals surface area contributed by atoms with Gasteiger partial charge in [0.05, 0.1) is 24.8 Å². The molecule has 0 aliphatic carbocycles. The third kappa shape index (κ3) is 3.92. The zero-order chi connectivity index (χ0) is 23.1. The summed E-state index contributed by atoms with van der Waals surface area (Å²) in [5.74, 6) is -0.934. The molecule has 0 spiro atoms. The van der Waals surface area contributed by atoms with Gasteiger partial charge in [0, 0.05) is 30.3 Å². The molecule has 0 unspecified atom stereocenters. The van der Waals surface area contributed by atoms with Gasteiger partial charge >= 0.3 is 0 Å². The number of benzene rings is 2. The topological polar surface area (TPSA) is 47.4 Å². The van der Waals surface area contributed by atoms with Crippen LogP contribution in [0.4, 0.5) is 8.78 Å². The monoisotopic (exact) mass is 449 g/mol. The van der Waals surface area contributed by atoms with Crippen molar-refractivity contribution in [3.8, 4) is 11.4 Å². The zero-order valence-corrected chi connectivity index (χ0v) is 18.6. The molecule has 7 heteroatoms. The fourth-order valence-corrected chi connectivity index (χ4v) is 5.07. The molecule has 33 heavy (non-hydrogen) atoms. The van der Waals surface area contributed by atoms with Crippen molar-refractivity contribution in [2.24, 2.45) is 0 Å². The fourth-order valence-electron chi connectivity index (χ4n) is 5.07. The number of hydrogen-bond donors (Lipinski definition) is 0. The Hall–Kier alpha value is -3.48. The van der Waals surface area contributed by atoms with Gasteiger partial charge in [-0.3, -0.25) is 4.79 Å². The summed E-state index contributed by atoms with van der Waals surface area (Å²) < 4.78 is 34.6. The van der Waals surface area contributed by atoms with E-state index in [0.29, 0.717) is 18.7 Å². The van der Waals surface area contributed by atoms with Crippen LogP contribution in [0.5, 0.6) is 5.75 Å². The largest absolute Gasteiger partial charge is 0.495 e. The number of carbonyl (C=O) groups excluding carboxylic acids is 1. The van der Waals surface area contributed by atoms with Crippen molar-refractivity contribution in [3.63, 3.8) is 0 Å². The smallest absolute Gasteiger partial charge is 0.250 e. The fraction of sp³-hybridized carbons (Fsp3) is 0.308. The lowest BCUT2D eigenvalue weighted by Crippen LogP contribution is -2.42. The second kappa shape index (κ2) is 8.46. The van der Waals surface area contributed by atoms with E-state index in [9.17, 15) is 13.6 Å². The SMILES string of the molecule is COc1cc(/C=C2\CC[C@@H]3[C@@H](c4ccc(F)c(F)c4)CCN3C2=O)ccc1-n1cnc(C)c1. The van der Waals surface area contributed by atoms with Crippen molar-refractivity contribution < 1.29 is 18.3 Å². The molecule has 0 N–H and O–H groups in total. The Morgan fingerprint density at radius 1 is 1.12 bits per heavy atom. The first-order valence-corrected chi connectivity index (χ1v) is 11.1. The molecule has 2 saturated heterocycles. The minimum absolute atomic E-state index is 0.0147. The van der Waals surface area contributed by atoms with E-state index in [0.717, 1.165) is 40.9 Å². The number of methoxy groups -OCH3 is 1. The lowest BCUT2D eigenvalue weighted by molar-refractivity contribution is -0.129. The molecule has 2 atom stereocenters. The van der Waals surface area contributed by atoms with Crippen molar-refractivity contribution in [1.82, 2.24) is 14.5 Å². The molecule has 5 rings (SSSR count). The van der Waals surface area contributed by atoms with Crippen LogP contribution in [-0.2, 0) is 4.79 Å². The molecule has 1 aromatic heterocycles. The van der Waals surface area contributed by atoms with Crippen LogP contribution in [-0.4, -0.2) is 40.1 Å². The molecule has 2 aromatic carbocycles. The summed E-state index contributed by atoms with van der Waals surface area (Å²) in [6, 6.07) is 9.94. The number of aryl methyl sites for hydroxylation is 1. The Morgan fingerprint density at radius 2 is 1.97 bits per heavy atom. The van der Waals surface area contributed by atoms with Crippen molar-refractivity contribution in [2.75, 3.05) is 13.7 Å². The standard InChI is InChI=1S/C26H25F2N3O2/c1-16-14-30(15-29-16)24-7-3-17(12-25(24)33-2)11-19-5-8-23-20(9-10-31(23)26(19)32)18-4-6-21(27)22(28)13-18/h3-4,6-7,11-15,20,23H,5,8-10H2,1-2H3/b19-11+/t20-,23-/m1/s1. The van der Waals surface area contributed by atoms with Gasteiger partial charge < -0.3 is 14.2 Å². The van der Waals surface area contributed by atoms with Gasteiger partial charge in [-0.25, -0.2) is 13.8 Å². The average molecular weight is 450 g/mol. The van der Waals surface area contributed by atoms with Crippen molar-refractivity contribution >= 4 is 12.0 Å². The van der Waals surface area contributed by atoms with E-state index < -0.39 is 11.6 Å². The van der Waals surface area contributed by atoms with Gasteiger partial charge in [-0.05, 0) is 67.7 Å². The highest BCUT2D eigenvalue weighted by molar-refractivity contribution is 5.99. The van der Waals surface area contributed by atoms with Gasteiger partial charge in [0.25, 0.3) is 0 Å². The van der Waals surface area contributed by atoms with Gasteiger partial charge in [-0.2, -0.15) is 0 Å². The lowest BCUT2D eigenvalue weighted by Gasteiger charge is -2.34. The molecular weight excluding hydrogens is 424 g/mol. The zero-order valence-electron chi connectivity index (χ0n) is 18.6. The Kier molecular flexibility index (Phi) is 5.48. The van der Waals surface area contributed by atoms with E-state index in [2.05, 4.69) is 4.98 Å². The van der Waals surface area contributed by atoms with E-state index in [1.165, 1.54) is 12.1 Å². The third-order valence-corrected chi connectivity index (χ3v) is 6.70. The number of halogens is 2. The predicted octanol–water partition coefficient (Wildman–Crippen LogP) is 5.03. The summed E-state index contributed by atoms with van der Waals surface area (Å²) in [5, 5.41) is 0. The summed E-state index contributed by atoms with van der Waals surface area (Å²) in [6.07, 6.45) is 7.79. The average Bonchev–Trinajstić information content (AvgIpc) is 3.44. The minimum atomic E-state index is -0.844. The van der Waals surface area contributed by atoms with Gasteiger partial charge in [-0.15, -0.1) is 0 Å². The molecule has 170 valence electrons. The van der Waals surface area contributed by atoms with Gasteiger partial charge in [0.2, 0.25) is 5.91 Å². The maximum absolute atomic E-state index is 13.8. The molecule has 2 aliphatic heterocycles. The van der Waals surface area contributed by atoms with Crippen molar-refractivity contribution in [2.45, 2.75) is 38.1 Å². The summed E-state index contributed by atoms with van der Waals surface area (Å²) in [4.78, 5) is 19.4. The van der Waals surface area contributed by atoms with Crippen LogP contribution in [0, 0.1) is 18.6 Å². The lowest BCUT2D eigenvalue weighted by atomic mass is 9.85. The molecule has 0 bridgehead atoms. The maximum Gasteiger partial charge on any atom is 0.250 e. The Labute approximate surface area is 191 Å². The van der Waals surface area contributed by atoms with Crippen LogP contribution >= 0.6 is 0 Å². The third-order valence-electron chi connectivity index (χ3n) is 6.70. The first kappa shape index (κ1) is 21.4. The Bertz CT molecular complexity index is 1250. The number of hydrogen-bond acceptors (Lipinski definition) is 3. The van der Waals surface area contributed by atoms with E-state index in [1.807, 2.05) is 46.9 Å². The van der Waals surface area contributed by atoms with Gasteiger partial charge in [0.1, 0.15) is 5.75 Å². The number of nitrogens with zero attached hydrogens (tertiary/aromatic N) is 3. The number of rotatable bonds is 4. The highest BCUT2D eigenvalue weighted by Crippen LogP contribution is 2.41. The molecule has 3 aromatic rings. The molecule has 2 fully saturated rings. The second-order valence-corrected chi connectivity index (χ2v) is 8.70. The first-order valence-electron chi connectivity index (χ1n) is 11.1. The summed E-state index contributed by atoms with van der Waals surface area (Å²) >= 11 is 0. The number of ether oxygens (including phenoxy) is 1. The molecule has 5 nitrogen and oxygen atoms in total. The predicted molar refractivity (Wildman–Crippen MR) is 121 cm³/mol. The van der Waals surface area contributed by atoms with Crippen molar-refractivity contribution in [1.29, 1.82) is 0 Å². The van der Waals surface area contributed by atoms with Gasteiger partial charge in [-0.1, -0.05) is 12.1 Å². The molecule has 2 aliphatic rings. The van der Waals surface area contributed by atoms with Crippen LogP contribution in [0.1, 0.15) is 42.0 Å². The normalized spacial score (nSPS) is 21.5. The maximum atomic E-state index is 13.8. The summed E-state index contributed by atoms with van der Waals surface area (Å²) in [7, 11) is 1.62. The van der Waals surface area contributed by atoms with E-state index in [4.69, 9.17) is 4.74 Å². The molecule has 1 amide bonds.